The number of methoxy groups -OCH3 is 1. The fraction of sp³-hybridized carbons (Fsp3) is 0.359. The largest absolute Gasteiger partial charge is 0.497 e. The summed E-state index contributed by atoms with van der Waals surface area (Å²) in [6, 6.07) is 21.0. The summed E-state index contributed by atoms with van der Waals surface area (Å²) in [5.74, 6) is -0.258. The van der Waals surface area contributed by atoms with Gasteiger partial charge in [0.15, 0.2) is 5.76 Å². The zero-order chi connectivity index (χ0) is 38.0. The lowest BCUT2D eigenvalue weighted by Crippen LogP contribution is -2.43. The standard InChI is InChI=1S/C39H43N5O9S/c1-26(46)43-25-32(31-7-3-5-9-34(31)43)27-23-36(38(47)41-17-15-28(16-18-41)44-35-10-6-4-8-33(35)40-39(44)48)53-37(24-27)52-22-20-42(19-21-45)54(49,50)30-13-11-29(51-2)12-14-30/h3-14,23,25,27-28,37,45H,15-22,24H2,1-2H3,(H,40,48)/t27-,37+/m0/s1. The van der Waals surface area contributed by atoms with Crippen molar-refractivity contribution in [3.8, 4) is 5.75 Å². The maximum atomic E-state index is 14.1. The van der Waals surface area contributed by atoms with Gasteiger partial charge < -0.3 is 29.2 Å². The molecule has 2 atom stereocenters. The zero-order valence-electron chi connectivity index (χ0n) is 30.1. The van der Waals surface area contributed by atoms with Crippen LogP contribution < -0.4 is 10.4 Å². The van der Waals surface area contributed by atoms with E-state index in [4.69, 9.17) is 14.2 Å². The Balaban J connectivity index is 1.11. The van der Waals surface area contributed by atoms with Crippen molar-refractivity contribution in [1.82, 2.24) is 23.3 Å². The molecule has 1 fully saturated rings. The summed E-state index contributed by atoms with van der Waals surface area (Å²) in [5.41, 5.74) is 2.98. The third-order valence-electron chi connectivity index (χ3n) is 10.2. The first-order chi connectivity index (χ1) is 26.1. The van der Waals surface area contributed by atoms with Gasteiger partial charge in [-0.2, -0.15) is 4.31 Å². The number of rotatable bonds is 12. The van der Waals surface area contributed by atoms with E-state index in [0.29, 0.717) is 38.1 Å². The number of nitrogens with zero attached hydrogens (tertiary/aromatic N) is 4. The lowest BCUT2D eigenvalue weighted by Gasteiger charge is -2.35. The number of hydrogen-bond donors (Lipinski definition) is 2. The summed E-state index contributed by atoms with van der Waals surface area (Å²) < 4.78 is 49.0. The number of imidazole rings is 1. The molecule has 284 valence electrons. The molecule has 54 heavy (non-hydrogen) atoms. The third kappa shape index (κ3) is 7.31. The first-order valence-electron chi connectivity index (χ1n) is 17.9. The van der Waals surface area contributed by atoms with Crippen molar-refractivity contribution in [2.45, 2.75) is 49.3 Å². The van der Waals surface area contributed by atoms with Crippen molar-refractivity contribution < 1.29 is 37.3 Å². The van der Waals surface area contributed by atoms with Crippen LogP contribution in [0.1, 0.15) is 48.5 Å². The molecule has 0 bridgehead atoms. The molecule has 2 aromatic heterocycles. The van der Waals surface area contributed by atoms with Crippen molar-refractivity contribution >= 4 is 43.8 Å². The number of benzene rings is 3. The lowest BCUT2D eigenvalue weighted by atomic mass is 9.92. The summed E-state index contributed by atoms with van der Waals surface area (Å²) in [6.07, 6.45) is 4.06. The number of allylic oxidation sites excluding steroid dienone is 1. The fourth-order valence-corrected chi connectivity index (χ4v) is 8.87. The predicted octanol–water partition coefficient (Wildman–Crippen LogP) is 4.23. The number of nitrogens with one attached hydrogen (secondary N) is 1. The van der Waals surface area contributed by atoms with Crippen molar-refractivity contribution in [1.29, 1.82) is 0 Å². The Morgan fingerprint density at radius 3 is 2.39 bits per heavy atom. The van der Waals surface area contributed by atoms with Gasteiger partial charge in [-0.25, -0.2) is 13.2 Å². The van der Waals surface area contributed by atoms with Gasteiger partial charge in [0.2, 0.25) is 22.2 Å². The highest BCUT2D eigenvalue weighted by Crippen LogP contribution is 2.37. The zero-order valence-corrected chi connectivity index (χ0v) is 30.9. The number of aliphatic hydroxyl groups excluding tert-OH is 1. The number of H-pyrrole nitrogens is 1. The molecule has 1 amide bonds. The van der Waals surface area contributed by atoms with Crippen LogP contribution in [0.5, 0.6) is 5.75 Å². The Hall–Kier alpha value is -5.22. The molecule has 3 aromatic carbocycles. The van der Waals surface area contributed by atoms with Gasteiger partial charge in [-0.3, -0.25) is 18.7 Å². The number of fused-ring (bicyclic) bond motifs is 2. The second-order valence-corrected chi connectivity index (χ2v) is 15.4. The Kier molecular flexibility index (Phi) is 10.7. The SMILES string of the molecule is COc1ccc(S(=O)(=O)N(CCO)CCO[C@H]2C[C@@H](c3cn(C(C)=O)c4ccccc34)C=C(C(=O)N3CCC(n4c(=O)[nH]c5ccccc54)CC3)O2)cc1. The summed E-state index contributed by atoms with van der Waals surface area (Å²) >= 11 is 0. The molecular formula is C39H43N5O9S. The van der Waals surface area contributed by atoms with E-state index in [9.17, 15) is 27.9 Å². The van der Waals surface area contributed by atoms with Gasteiger partial charge in [0, 0.05) is 63.1 Å². The van der Waals surface area contributed by atoms with Crippen LogP contribution in [0.3, 0.4) is 0 Å². The first-order valence-corrected chi connectivity index (χ1v) is 19.4. The summed E-state index contributed by atoms with van der Waals surface area (Å²) in [6.45, 7) is 1.56. The number of aromatic nitrogens is 3. The van der Waals surface area contributed by atoms with E-state index in [-0.39, 0.29) is 59.8 Å². The van der Waals surface area contributed by atoms with Crippen molar-refractivity contribution in [3.05, 3.63) is 107 Å². The minimum absolute atomic E-state index is 0.0433. The number of ether oxygens (including phenoxy) is 3. The molecule has 0 unspecified atom stereocenters. The lowest BCUT2D eigenvalue weighted by molar-refractivity contribution is -0.153. The predicted molar refractivity (Wildman–Crippen MR) is 201 cm³/mol. The molecule has 5 aromatic rings. The van der Waals surface area contributed by atoms with E-state index in [0.717, 1.165) is 31.8 Å². The number of likely N-dealkylation sites (tertiary alicyclic amines) is 1. The van der Waals surface area contributed by atoms with Crippen molar-refractivity contribution in [2.24, 2.45) is 0 Å². The molecule has 0 spiro atoms. The third-order valence-corrected chi connectivity index (χ3v) is 12.1. The quantitative estimate of drug-likeness (QED) is 0.190. The number of aromatic amines is 1. The van der Waals surface area contributed by atoms with Gasteiger partial charge in [-0.1, -0.05) is 30.3 Å². The highest BCUT2D eigenvalue weighted by Gasteiger charge is 2.35. The molecule has 15 heteroatoms. The van der Waals surface area contributed by atoms with Crippen molar-refractivity contribution in [3.63, 3.8) is 0 Å². The van der Waals surface area contributed by atoms with Gasteiger partial charge in [-0.15, -0.1) is 0 Å². The van der Waals surface area contributed by atoms with Gasteiger partial charge in [0.05, 0.1) is 41.8 Å². The van der Waals surface area contributed by atoms with Crippen molar-refractivity contribution in [2.75, 3.05) is 46.5 Å². The summed E-state index contributed by atoms with van der Waals surface area (Å²) in [4.78, 5) is 44.3. The highest BCUT2D eigenvalue weighted by molar-refractivity contribution is 7.89. The number of para-hydroxylation sites is 3. The average Bonchev–Trinajstić information content (AvgIpc) is 3.75. The average molecular weight is 758 g/mol. The van der Waals surface area contributed by atoms with E-state index in [2.05, 4.69) is 4.98 Å². The van der Waals surface area contributed by atoms with Crippen LogP contribution in [0, 0.1) is 0 Å². The number of carbonyl (C=O) groups is 2. The second kappa shape index (κ2) is 15.6. The number of sulfonamides is 1. The van der Waals surface area contributed by atoms with Crippen LogP contribution in [-0.4, -0.2) is 101 Å². The van der Waals surface area contributed by atoms with E-state index in [1.54, 1.807) is 38.4 Å². The number of amides is 1. The monoisotopic (exact) mass is 757 g/mol. The Morgan fingerprint density at radius 2 is 1.69 bits per heavy atom. The molecule has 1 saturated heterocycles. The second-order valence-electron chi connectivity index (χ2n) is 13.4. The molecular weight excluding hydrogens is 715 g/mol. The Morgan fingerprint density at radius 1 is 0.981 bits per heavy atom. The minimum atomic E-state index is -3.98. The topological polar surface area (TPSA) is 165 Å². The molecule has 0 saturated carbocycles. The number of hydrogen-bond acceptors (Lipinski definition) is 9. The van der Waals surface area contributed by atoms with Gasteiger partial charge in [-0.05, 0) is 66.9 Å². The van der Waals surface area contributed by atoms with Crippen LogP contribution in [0.4, 0.5) is 0 Å². The molecule has 4 heterocycles. The number of aliphatic hydroxyl groups is 1. The van der Waals surface area contributed by atoms with Crippen LogP contribution in [0.2, 0.25) is 0 Å². The van der Waals surface area contributed by atoms with E-state index >= 15 is 0 Å². The van der Waals surface area contributed by atoms with Gasteiger partial charge in [0.1, 0.15) is 5.75 Å². The van der Waals surface area contributed by atoms with Gasteiger partial charge >= 0.3 is 5.69 Å². The Bertz CT molecular complexity index is 2350. The smallest absolute Gasteiger partial charge is 0.326 e. The molecule has 7 rings (SSSR count). The fourth-order valence-electron chi connectivity index (χ4n) is 7.46. The maximum absolute atomic E-state index is 14.1. The van der Waals surface area contributed by atoms with E-state index in [1.165, 1.54) is 26.2 Å². The normalized spacial score (nSPS) is 18.2. The molecule has 2 aliphatic heterocycles. The summed E-state index contributed by atoms with van der Waals surface area (Å²) in [7, 11) is -2.49. The van der Waals surface area contributed by atoms with Crippen LogP contribution >= 0.6 is 0 Å². The molecule has 14 nitrogen and oxygen atoms in total. The summed E-state index contributed by atoms with van der Waals surface area (Å²) in [5, 5.41) is 10.6. The minimum Gasteiger partial charge on any atom is -0.497 e. The molecule has 2 aliphatic rings. The number of piperidine rings is 1. The Labute approximate surface area is 312 Å². The highest BCUT2D eigenvalue weighted by atomic mass is 32.2. The van der Waals surface area contributed by atoms with Crippen LogP contribution in [-0.2, 0) is 24.3 Å². The van der Waals surface area contributed by atoms with E-state index in [1.807, 2.05) is 48.5 Å². The van der Waals surface area contributed by atoms with Crippen LogP contribution in [0.25, 0.3) is 21.9 Å². The molecule has 0 aliphatic carbocycles. The molecule has 2 N–H and O–H groups in total. The molecule has 0 radical (unpaired) electrons. The first kappa shape index (κ1) is 37.1. The van der Waals surface area contributed by atoms with Crippen LogP contribution in [0.15, 0.2) is 101 Å². The maximum Gasteiger partial charge on any atom is 0.326 e. The van der Waals surface area contributed by atoms with Gasteiger partial charge in [0.25, 0.3) is 5.91 Å². The number of carbonyl (C=O) groups excluding carboxylic acids is 2. The van der Waals surface area contributed by atoms with E-state index < -0.39 is 22.9 Å².